The van der Waals surface area contributed by atoms with Crippen LogP contribution in [0.4, 0.5) is 0 Å². The topological polar surface area (TPSA) is 85.8 Å². The number of hydrogen-bond acceptors (Lipinski definition) is 3. The van der Waals surface area contributed by atoms with Crippen molar-refractivity contribution in [2.24, 2.45) is 16.8 Å². The Morgan fingerprint density at radius 3 is 2.54 bits per heavy atom. The zero-order valence-electron chi connectivity index (χ0n) is 17.0. The molecule has 0 aliphatic carbocycles. The Hall–Kier alpha value is -0.870. The molecule has 6 nitrogen and oxygen atoms in total. The highest BCUT2D eigenvalue weighted by atomic mass is 127. The van der Waals surface area contributed by atoms with Crippen molar-refractivity contribution < 1.29 is 9.90 Å². The zero-order chi connectivity index (χ0) is 20.1. The number of aliphatic hydroxyl groups is 1. The summed E-state index contributed by atoms with van der Waals surface area (Å²) in [5.41, 5.74) is 0.630. The Morgan fingerprint density at radius 1 is 1.21 bits per heavy atom. The summed E-state index contributed by atoms with van der Waals surface area (Å²) in [4.78, 5) is 16.8. The van der Waals surface area contributed by atoms with Gasteiger partial charge in [0.15, 0.2) is 5.96 Å². The number of nitrogens with one attached hydrogen (secondary N) is 3. The molecule has 0 saturated carbocycles. The van der Waals surface area contributed by atoms with Crippen LogP contribution in [0.1, 0.15) is 44.0 Å². The third kappa shape index (κ3) is 11.9. The molecule has 1 rings (SSSR count). The molecule has 1 aromatic carbocycles. The number of amides is 1. The Bertz CT molecular complexity index is 599. The molecule has 0 aliphatic heterocycles. The van der Waals surface area contributed by atoms with E-state index in [1.54, 1.807) is 12.1 Å². The first-order valence-electron chi connectivity index (χ1n) is 9.63. The van der Waals surface area contributed by atoms with E-state index in [0.29, 0.717) is 37.0 Å². The molecule has 0 saturated heterocycles. The summed E-state index contributed by atoms with van der Waals surface area (Å²) in [5.74, 6) is 1.60. The van der Waals surface area contributed by atoms with Crippen LogP contribution in [0.5, 0.6) is 0 Å². The average molecular weight is 569 g/mol. The highest BCUT2D eigenvalue weighted by Crippen LogP contribution is 2.15. The maximum Gasteiger partial charge on any atom is 0.251 e. The monoisotopic (exact) mass is 568 g/mol. The first kappa shape index (κ1) is 27.1. The lowest BCUT2D eigenvalue weighted by Crippen LogP contribution is -2.41. The molecule has 0 bridgehead atoms. The van der Waals surface area contributed by atoms with Crippen LogP contribution in [-0.2, 0) is 0 Å². The van der Waals surface area contributed by atoms with Crippen LogP contribution < -0.4 is 16.0 Å². The summed E-state index contributed by atoms with van der Waals surface area (Å²) in [6.07, 6.45) is 1.82. The van der Waals surface area contributed by atoms with Gasteiger partial charge < -0.3 is 21.1 Å². The van der Waals surface area contributed by atoms with Gasteiger partial charge in [-0.1, -0.05) is 35.8 Å². The highest BCUT2D eigenvalue weighted by Gasteiger charge is 2.11. The van der Waals surface area contributed by atoms with Crippen molar-refractivity contribution in [3.8, 4) is 0 Å². The van der Waals surface area contributed by atoms with Crippen LogP contribution in [0.2, 0.25) is 0 Å². The van der Waals surface area contributed by atoms with Gasteiger partial charge in [0.05, 0.1) is 0 Å². The van der Waals surface area contributed by atoms with Crippen molar-refractivity contribution in [1.82, 2.24) is 16.0 Å². The second-order valence-corrected chi connectivity index (χ2v) is 7.84. The maximum absolute atomic E-state index is 12.1. The molecule has 0 spiro atoms. The summed E-state index contributed by atoms with van der Waals surface area (Å²) < 4.78 is 0.883. The van der Waals surface area contributed by atoms with Crippen LogP contribution in [-0.4, -0.2) is 49.8 Å². The number of carbonyl (C=O) groups excluding carboxylic acids is 1. The predicted molar refractivity (Wildman–Crippen MR) is 131 cm³/mol. The lowest BCUT2D eigenvalue weighted by molar-refractivity contribution is 0.0954. The quantitative estimate of drug-likeness (QED) is 0.143. The van der Waals surface area contributed by atoms with Gasteiger partial charge in [0.25, 0.3) is 5.91 Å². The Kier molecular flexibility index (Phi) is 15.5. The molecule has 1 aromatic rings. The fraction of sp³-hybridized carbons (Fsp3) is 0.600. The SMILES string of the molecule is CCNC(=NCC(CCO)CC(C)C)NCCNC(=O)c1cccc(Br)c1.I. The van der Waals surface area contributed by atoms with E-state index in [-0.39, 0.29) is 36.5 Å². The van der Waals surface area contributed by atoms with E-state index < -0.39 is 0 Å². The Morgan fingerprint density at radius 2 is 1.93 bits per heavy atom. The maximum atomic E-state index is 12.1. The molecule has 1 amide bonds. The lowest BCUT2D eigenvalue weighted by atomic mass is 9.94. The molecule has 0 aromatic heterocycles. The number of aliphatic imine (C=N–C) groups is 1. The number of benzene rings is 1. The molecule has 160 valence electrons. The van der Waals surface area contributed by atoms with Gasteiger partial charge in [-0.2, -0.15) is 0 Å². The normalized spacial score (nSPS) is 12.3. The summed E-state index contributed by atoms with van der Waals surface area (Å²) in [6.45, 7) is 9.12. The van der Waals surface area contributed by atoms with Gasteiger partial charge >= 0.3 is 0 Å². The van der Waals surface area contributed by atoms with Gasteiger partial charge in [0, 0.05) is 42.8 Å². The first-order valence-corrected chi connectivity index (χ1v) is 10.4. The molecular formula is C20H34BrIN4O2. The van der Waals surface area contributed by atoms with Crippen molar-refractivity contribution in [1.29, 1.82) is 0 Å². The average Bonchev–Trinajstić information content (AvgIpc) is 2.62. The van der Waals surface area contributed by atoms with Gasteiger partial charge in [0.2, 0.25) is 0 Å². The number of halogens is 2. The third-order valence-electron chi connectivity index (χ3n) is 3.98. The highest BCUT2D eigenvalue weighted by molar-refractivity contribution is 14.0. The fourth-order valence-corrected chi connectivity index (χ4v) is 3.18. The summed E-state index contributed by atoms with van der Waals surface area (Å²) in [7, 11) is 0. The number of carbonyl (C=O) groups is 1. The van der Waals surface area contributed by atoms with E-state index in [1.165, 1.54) is 0 Å². The minimum absolute atomic E-state index is 0. The van der Waals surface area contributed by atoms with E-state index in [4.69, 9.17) is 0 Å². The summed E-state index contributed by atoms with van der Waals surface area (Å²) in [5, 5.41) is 18.6. The molecule has 8 heteroatoms. The smallest absolute Gasteiger partial charge is 0.251 e. The molecule has 1 atom stereocenters. The molecule has 0 radical (unpaired) electrons. The van der Waals surface area contributed by atoms with Crippen LogP contribution in [0.25, 0.3) is 0 Å². The third-order valence-corrected chi connectivity index (χ3v) is 4.48. The number of guanidine groups is 1. The van der Waals surface area contributed by atoms with Crippen molar-refractivity contribution >= 4 is 51.8 Å². The number of rotatable bonds is 11. The van der Waals surface area contributed by atoms with Gasteiger partial charge in [0.1, 0.15) is 0 Å². The summed E-state index contributed by atoms with van der Waals surface area (Å²) in [6, 6.07) is 7.31. The molecule has 28 heavy (non-hydrogen) atoms. The number of hydrogen-bond donors (Lipinski definition) is 4. The largest absolute Gasteiger partial charge is 0.396 e. The zero-order valence-corrected chi connectivity index (χ0v) is 20.9. The van der Waals surface area contributed by atoms with E-state index in [9.17, 15) is 9.90 Å². The van der Waals surface area contributed by atoms with Crippen LogP contribution in [0, 0.1) is 11.8 Å². The lowest BCUT2D eigenvalue weighted by Gasteiger charge is -2.17. The van der Waals surface area contributed by atoms with Gasteiger partial charge in [-0.15, -0.1) is 24.0 Å². The molecule has 0 heterocycles. The molecule has 0 aliphatic rings. The Labute approximate surface area is 194 Å². The van der Waals surface area contributed by atoms with Crippen molar-refractivity contribution in [2.75, 3.05) is 32.8 Å². The molecular weight excluding hydrogens is 535 g/mol. The second-order valence-electron chi connectivity index (χ2n) is 6.92. The number of nitrogens with zero attached hydrogens (tertiary/aromatic N) is 1. The van der Waals surface area contributed by atoms with Crippen LogP contribution >= 0.6 is 39.9 Å². The van der Waals surface area contributed by atoms with Crippen LogP contribution in [0.3, 0.4) is 0 Å². The van der Waals surface area contributed by atoms with E-state index in [0.717, 1.165) is 29.8 Å². The first-order chi connectivity index (χ1) is 13.0. The minimum Gasteiger partial charge on any atom is -0.396 e. The summed E-state index contributed by atoms with van der Waals surface area (Å²) >= 11 is 3.37. The van der Waals surface area contributed by atoms with Gasteiger partial charge in [-0.25, -0.2) is 0 Å². The van der Waals surface area contributed by atoms with Gasteiger partial charge in [-0.3, -0.25) is 9.79 Å². The number of aliphatic hydroxyl groups excluding tert-OH is 1. The minimum atomic E-state index is -0.0972. The van der Waals surface area contributed by atoms with Crippen LogP contribution in [0.15, 0.2) is 33.7 Å². The standard InChI is InChI=1S/C20H33BrN4O2.HI/c1-4-22-20(25-14-16(8-11-26)12-15(2)3)24-10-9-23-19(27)17-6-5-7-18(21)13-17;/h5-7,13,15-16,26H,4,8-12,14H2,1-3H3,(H,23,27)(H2,22,24,25);1H. The Balaban J connectivity index is 0.00000729. The van der Waals surface area contributed by atoms with E-state index in [1.807, 2.05) is 19.1 Å². The van der Waals surface area contributed by atoms with Crippen molar-refractivity contribution in [2.45, 2.75) is 33.6 Å². The van der Waals surface area contributed by atoms with Gasteiger partial charge in [-0.05, 0) is 49.8 Å². The van der Waals surface area contributed by atoms with Crippen molar-refractivity contribution in [3.05, 3.63) is 34.3 Å². The van der Waals surface area contributed by atoms with E-state index in [2.05, 4.69) is 50.7 Å². The predicted octanol–water partition coefficient (Wildman–Crippen LogP) is 3.40. The molecule has 0 fully saturated rings. The fourth-order valence-electron chi connectivity index (χ4n) is 2.78. The molecule has 4 N–H and O–H groups in total. The second kappa shape index (κ2) is 16.0. The van der Waals surface area contributed by atoms with Crippen molar-refractivity contribution in [3.63, 3.8) is 0 Å². The molecule has 1 unspecified atom stereocenters. The van der Waals surface area contributed by atoms with E-state index >= 15 is 0 Å².